The maximum absolute atomic E-state index is 14.1. The van der Waals surface area contributed by atoms with Crippen LogP contribution in [0.5, 0.6) is 17.2 Å². The van der Waals surface area contributed by atoms with Crippen molar-refractivity contribution in [2.45, 2.75) is 0 Å². The van der Waals surface area contributed by atoms with Crippen LogP contribution < -0.4 is 30.6 Å². The molecule has 0 radical (unpaired) electrons. The lowest BCUT2D eigenvalue weighted by Crippen LogP contribution is -2.21. The largest absolute Gasteiger partial charge is 0.495 e. The van der Waals surface area contributed by atoms with Gasteiger partial charge in [-0.15, -0.1) is 0 Å². The van der Waals surface area contributed by atoms with Crippen LogP contribution in [-0.2, 0) is 4.79 Å². The molecular weight excluding hydrogens is 464 g/mol. The van der Waals surface area contributed by atoms with Crippen molar-refractivity contribution in [3.05, 3.63) is 77.4 Å². The topological polar surface area (TPSA) is 129 Å². The number of para-hydroxylation sites is 2. The number of carbonyl (C=O) groups excluding carboxylic acids is 3. The molecule has 0 bridgehead atoms. The number of nitrogens with one attached hydrogen (secondary N) is 2. The second kappa shape index (κ2) is 11.0. The predicted molar refractivity (Wildman–Crippen MR) is 123 cm³/mol. The fourth-order valence-corrected chi connectivity index (χ4v) is 3.03. The van der Waals surface area contributed by atoms with Gasteiger partial charge in [-0.2, -0.15) is 0 Å². The number of amides is 3. The molecule has 0 spiro atoms. The summed E-state index contributed by atoms with van der Waals surface area (Å²) < 4.78 is 43.6. The van der Waals surface area contributed by atoms with Gasteiger partial charge in [-0.1, -0.05) is 12.1 Å². The Bertz CT molecular complexity index is 1280. The average molecular weight is 485 g/mol. The van der Waals surface area contributed by atoms with Gasteiger partial charge < -0.3 is 30.6 Å². The number of primary amides is 1. The molecule has 0 aliphatic rings. The average Bonchev–Trinajstić information content (AvgIpc) is 2.84. The zero-order valence-electron chi connectivity index (χ0n) is 18.7. The minimum absolute atomic E-state index is 0.0389. The van der Waals surface area contributed by atoms with Crippen molar-refractivity contribution >= 4 is 29.1 Å². The highest BCUT2D eigenvalue weighted by Gasteiger charge is 2.18. The fraction of sp³-hybridized carbons (Fsp3) is 0.125. The number of hydrogen-bond acceptors (Lipinski definition) is 6. The summed E-state index contributed by atoms with van der Waals surface area (Å²) in [6.07, 6.45) is 0. The van der Waals surface area contributed by atoms with Gasteiger partial charge in [0.25, 0.3) is 17.7 Å². The first kappa shape index (κ1) is 25.0. The lowest BCUT2D eigenvalue weighted by Gasteiger charge is -2.14. The molecule has 35 heavy (non-hydrogen) atoms. The van der Waals surface area contributed by atoms with Gasteiger partial charge in [0, 0.05) is 11.6 Å². The molecule has 182 valence electrons. The van der Waals surface area contributed by atoms with E-state index in [2.05, 4.69) is 10.6 Å². The smallest absolute Gasteiger partial charge is 0.262 e. The van der Waals surface area contributed by atoms with Crippen LogP contribution in [0.15, 0.2) is 54.6 Å². The van der Waals surface area contributed by atoms with Crippen molar-refractivity contribution in [2.75, 3.05) is 31.5 Å². The minimum atomic E-state index is -1.15. The van der Waals surface area contributed by atoms with E-state index < -0.39 is 40.6 Å². The lowest BCUT2D eigenvalue weighted by atomic mass is 10.1. The van der Waals surface area contributed by atoms with Crippen LogP contribution in [0, 0.1) is 11.6 Å². The Morgan fingerprint density at radius 3 is 2.23 bits per heavy atom. The maximum atomic E-state index is 14.1. The molecule has 0 saturated carbocycles. The molecule has 3 aromatic carbocycles. The van der Waals surface area contributed by atoms with Gasteiger partial charge >= 0.3 is 0 Å². The molecule has 0 heterocycles. The van der Waals surface area contributed by atoms with Crippen molar-refractivity contribution in [3.63, 3.8) is 0 Å². The monoisotopic (exact) mass is 485 g/mol. The zero-order valence-corrected chi connectivity index (χ0v) is 18.7. The Morgan fingerprint density at radius 2 is 1.54 bits per heavy atom. The molecule has 0 unspecified atom stereocenters. The first-order valence-corrected chi connectivity index (χ1v) is 10.1. The number of hydrogen-bond donors (Lipinski definition) is 3. The molecular formula is C24H21F2N3O6. The Morgan fingerprint density at radius 1 is 0.829 bits per heavy atom. The number of benzene rings is 3. The third-order valence-corrected chi connectivity index (χ3v) is 4.74. The van der Waals surface area contributed by atoms with E-state index in [1.807, 2.05) is 0 Å². The van der Waals surface area contributed by atoms with E-state index in [0.717, 1.165) is 6.07 Å². The molecule has 3 rings (SSSR count). The van der Waals surface area contributed by atoms with Gasteiger partial charge in [0.1, 0.15) is 17.4 Å². The highest BCUT2D eigenvalue weighted by molar-refractivity contribution is 6.05. The number of methoxy groups -OCH3 is 2. The standard InChI is InChI=1S/C24H21F2N3O6/c1-33-19-6-4-3-5-17(19)28-22(30)12-35-20-8-7-13(9-21(20)34-2)24(32)29-18-10-14(23(27)31)15(25)11-16(18)26/h3-11H,12H2,1-2H3,(H2,27,31)(H,28,30)(H,29,32). The van der Waals surface area contributed by atoms with Gasteiger partial charge in [-0.05, 0) is 36.4 Å². The summed E-state index contributed by atoms with van der Waals surface area (Å²) in [6.45, 7) is -0.364. The van der Waals surface area contributed by atoms with E-state index in [9.17, 15) is 23.2 Å². The van der Waals surface area contributed by atoms with Crippen molar-refractivity contribution in [3.8, 4) is 17.2 Å². The SMILES string of the molecule is COc1ccccc1NC(=O)COc1ccc(C(=O)Nc2cc(C(N)=O)c(F)cc2F)cc1OC. The molecule has 0 atom stereocenters. The van der Waals surface area contributed by atoms with Gasteiger partial charge in [0.2, 0.25) is 0 Å². The number of halogens is 2. The van der Waals surface area contributed by atoms with Crippen molar-refractivity contribution in [1.82, 2.24) is 0 Å². The summed E-state index contributed by atoms with van der Waals surface area (Å²) in [7, 11) is 2.81. The summed E-state index contributed by atoms with van der Waals surface area (Å²) in [6, 6.07) is 12.1. The first-order valence-electron chi connectivity index (χ1n) is 10.1. The van der Waals surface area contributed by atoms with Crippen LogP contribution in [-0.4, -0.2) is 38.5 Å². The summed E-state index contributed by atoms with van der Waals surface area (Å²) in [5, 5.41) is 4.91. The van der Waals surface area contributed by atoms with Crippen molar-refractivity contribution in [1.29, 1.82) is 0 Å². The molecule has 0 saturated heterocycles. The molecule has 3 amide bonds. The lowest BCUT2D eigenvalue weighted by molar-refractivity contribution is -0.118. The first-order chi connectivity index (χ1) is 16.7. The molecule has 0 aliphatic carbocycles. The van der Waals surface area contributed by atoms with E-state index >= 15 is 0 Å². The van der Waals surface area contributed by atoms with Crippen LogP contribution in [0.4, 0.5) is 20.2 Å². The zero-order chi connectivity index (χ0) is 25.5. The van der Waals surface area contributed by atoms with Gasteiger partial charge in [0.05, 0.1) is 31.2 Å². The Kier molecular flexibility index (Phi) is 7.82. The van der Waals surface area contributed by atoms with E-state index in [1.54, 1.807) is 24.3 Å². The maximum Gasteiger partial charge on any atom is 0.262 e. The van der Waals surface area contributed by atoms with E-state index in [4.69, 9.17) is 19.9 Å². The molecule has 4 N–H and O–H groups in total. The van der Waals surface area contributed by atoms with Crippen LogP contribution in [0.3, 0.4) is 0 Å². The Hall–Kier alpha value is -4.67. The molecule has 3 aromatic rings. The third-order valence-electron chi connectivity index (χ3n) is 4.74. The summed E-state index contributed by atoms with van der Waals surface area (Å²) >= 11 is 0. The third kappa shape index (κ3) is 6.02. The quantitative estimate of drug-likeness (QED) is 0.426. The van der Waals surface area contributed by atoms with Gasteiger partial charge in [0.15, 0.2) is 18.1 Å². The molecule has 0 fully saturated rings. The van der Waals surface area contributed by atoms with Gasteiger partial charge in [-0.3, -0.25) is 14.4 Å². The van der Waals surface area contributed by atoms with Gasteiger partial charge in [-0.25, -0.2) is 8.78 Å². The van der Waals surface area contributed by atoms with Crippen molar-refractivity contribution in [2.24, 2.45) is 5.73 Å². The van der Waals surface area contributed by atoms with E-state index in [0.29, 0.717) is 17.5 Å². The van der Waals surface area contributed by atoms with Crippen molar-refractivity contribution < 1.29 is 37.4 Å². The van der Waals surface area contributed by atoms with E-state index in [-0.39, 0.29) is 23.7 Å². The van der Waals surface area contributed by atoms with Crippen LogP contribution >= 0.6 is 0 Å². The van der Waals surface area contributed by atoms with E-state index in [1.165, 1.54) is 32.4 Å². The number of anilines is 2. The van der Waals surface area contributed by atoms with Crippen LogP contribution in [0.2, 0.25) is 0 Å². The number of carbonyl (C=O) groups is 3. The summed E-state index contributed by atoms with van der Waals surface area (Å²) in [5.74, 6) is -3.81. The highest BCUT2D eigenvalue weighted by Crippen LogP contribution is 2.29. The number of ether oxygens (including phenoxy) is 3. The fourth-order valence-electron chi connectivity index (χ4n) is 3.03. The molecule has 0 aromatic heterocycles. The second-order valence-electron chi connectivity index (χ2n) is 7.03. The molecule has 0 aliphatic heterocycles. The highest BCUT2D eigenvalue weighted by atomic mass is 19.1. The molecule has 11 heteroatoms. The van der Waals surface area contributed by atoms with Crippen LogP contribution in [0.25, 0.3) is 0 Å². The summed E-state index contributed by atoms with van der Waals surface area (Å²) in [5.41, 5.74) is 4.56. The summed E-state index contributed by atoms with van der Waals surface area (Å²) in [4.78, 5) is 36.1. The molecule has 9 nitrogen and oxygen atoms in total. The van der Waals surface area contributed by atoms with Crippen LogP contribution in [0.1, 0.15) is 20.7 Å². The Balaban J connectivity index is 1.70. The minimum Gasteiger partial charge on any atom is -0.495 e. The number of nitrogens with two attached hydrogens (primary N) is 1. The Labute approximate surface area is 198 Å². The normalized spacial score (nSPS) is 10.3. The predicted octanol–water partition coefficient (Wildman–Crippen LogP) is 3.35. The number of rotatable bonds is 9. The second-order valence-corrected chi connectivity index (χ2v) is 7.03.